The van der Waals surface area contributed by atoms with Crippen LogP contribution < -0.4 is 15.0 Å². The molecule has 1 saturated heterocycles. The molecule has 0 spiro atoms. The molecule has 1 heterocycles. The van der Waals surface area contributed by atoms with Crippen molar-refractivity contribution in [1.82, 2.24) is 4.90 Å². The van der Waals surface area contributed by atoms with Gasteiger partial charge in [0.1, 0.15) is 5.75 Å². The Kier molecular flexibility index (Phi) is 7.10. The second-order valence-electron chi connectivity index (χ2n) is 7.83. The molecule has 1 aliphatic heterocycles. The van der Waals surface area contributed by atoms with Crippen molar-refractivity contribution in [2.24, 2.45) is 0 Å². The number of methoxy groups -OCH3 is 1. The van der Waals surface area contributed by atoms with Gasteiger partial charge in [-0.15, -0.1) is 0 Å². The topological polar surface area (TPSA) is 61.9 Å². The maximum Gasteiger partial charge on any atom is 0.259 e. The molecular formula is C25H25BrClN3O3. The summed E-state index contributed by atoms with van der Waals surface area (Å²) >= 11 is 10.1. The van der Waals surface area contributed by atoms with Crippen LogP contribution in [0.2, 0.25) is 5.02 Å². The third kappa shape index (κ3) is 4.80. The third-order valence-corrected chi connectivity index (χ3v) is 6.96. The highest BCUT2D eigenvalue weighted by molar-refractivity contribution is 9.10. The van der Waals surface area contributed by atoms with Crippen LogP contribution in [-0.2, 0) is 4.79 Å². The molecule has 0 unspecified atom stereocenters. The first-order chi connectivity index (χ1) is 15.9. The summed E-state index contributed by atoms with van der Waals surface area (Å²) in [6.07, 6.45) is 0.522. The highest BCUT2D eigenvalue weighted by Crippen LogP contribution is 2.37. The van der Waals surface area contributed by atoms with E-state index in [1.807, 2.05) is 54.3 Å². The van der Waals surface area contributed by atoms with Gasteiger partial charge in [-0.05, 0) is 51.0 Å². The molecular weight excluding hydrogens is 506 g/mol. The Labute approximate surface area is 206 Å². The zero-order valence-corrected chi connectivity index (χ0v) is 20.9. The summed E-state index contributed by atoms with van der Waals surface area (Å²) < 4.78 is 6.27. The first-order valence-corrected chi connectivity index (χ1v) is 12.0. The van der Waals surface area contributed by atoms with E-state index in [0.29, 0.717) is 41.5 Å². The molecule has 8 heteroatoms. The molecule has 0 radical (unpaired) electrons. The molecule has 0 atom stereocenters. The van der Waals surface area contributed by atoms with E-state index in [4.69, 9.17) is 16.3 Å². The van der Waals surface area contributed by atoms with Crippen molar-refractivity contribution < 1.29 is 14.3 Å². The minimum absolute atomic E-state index is 0.176. The quantitative estimate of drug-likeness (QED) is 0.468. The summed E-state index contributed by atoms with van der Waals surface area (Å²) in [5.41, 5.74) is 1.92. The summed E-state index contributed by atoms with van der Waals surface area (Å²) in [7, 11) is 1.55. The predicted molar refractivity (Wildman–Crippen MR) is 137 cm³/mol. The molecule has 4 rings (SSSR count). The number of amides is 2. The van der Waals surface area contributed by atoms with Gasteiger partial charge in [-0.25, -0.2) is 0 Å². The van der Waals surface area contributed by atoms with Crippen molar-refractivity contribution in [3.8, 4) is 5.75 Å². The molecule has 0 aliphatic carbocycles. The fourth-order valence-corrected chi connectivity index (χ4v) is 5.15. The molecule has 0 bridgehead atoms. The fraction of sp³-hybridized carbons (Fsp3) is 0.280. The van der Waals surface area contributed by atoms with Crippen molar-refractivity contribution >= 4 is 61.5 Å². The van der Waals surface area contributed by atoms with Crippen LogP contribution in [0.5, 0.6) is 5.75 Å². The van der Waals surface area contributed by atoms with Crippen LogP contribution in [0.3, 0.4) is 0 Å². The number of hydrogen-bond donors (Lipinski definition) is 1. The number of anilines is 2. The van der Waals surface area contributed by atoms with E-state index < -0.39 is 0 Å². The van der Waals surface area contributed by atoms with E-state index in [0.717, 1.165) is 34.0 Å². The van der Waals surface area contributed by atoms with E-state index in [1.165, 1.54) is 0 Å². The highest BCUT2D eigenvalue weighted by atomic mass is 79.9. The minimum Gasteiger partial charge on any atom is -0.495 e. The molecule has 1 aliphatic rings. The van der Waals surface area contributed by atoms with E-state index in [2.05, 4.69) is 26.1 Å². The molecule has 0 aromatic heterocycles. The summed E-state index contributed by atoms with van der Waals surface area (Å²) in [5, 5.41) is 5.39. The molecule has 6 nitrogen and oxygen atoms in total. The lowest BCUT2D eigenvalue weighted by molar-refractivity contribution is -0.131. The first kappa shape index (κ1) is 23.4. The Balaban J connectivity index is 1.52. The average Bonchev–Trinajstić information content (AvgIpc) is 2.83. The average molecular weight is 531 g/mol. The summed E-state index contributed by atoms with van der Waals surface area (Å²) in [4.78, 5) is 29.1. The van der Waals surface area contributed by atoms with Gasteiger partial charge in [0.15, 0.2) is 0 Å². The Morgan fingerprint density at radius 1 is 1.09 bits per heavy atom. The van der Waals surface area contributed by atoms with Crippen LogP contribution in [0, 0.1) is 0 Å². The molecule has 33 heavy (non-hydrogen) atoms. The zero-order valence-electron chi connectivity index (χ0n) is 18.5. The van der Waals surface area contributed by atoms with Crippen molar-refractivity contribution in [3.05, 3.63) is 63.6 Å². The fourth-order valence-electron chi connectivity index (χ4n) is 4.11. The first-order valence-electron chi connectivity index (χ1n) is 10.8. The van der Waals surface area contributed by atoms with Gasteiger partial charge in [0, 0.05) is 38.3 Å². The SMILES string of the molecule is CCC(=O)N1CCN(c2ccc(NC(=O)c3cc4ccccc4c(Br)c3OC)cc2Cl)CC1. The van der Waals surface area contributed by atoms with Gasteiger partial charge in [-0.1, -0.05) is 42.8 Å². The van der Waals surface area contributed by atoms with Crippen molar-refractivity contribution in [2.45, 2.75) is 13.3 Å². The number of piperazine rings is 1. The maximum absolute atomic E-state index is 13.1. The second-order valence-corrected chi connectivity index (χ2v) is 9.03. The summed E-state index contributed by atoms with van der Waals surface area (Å²) in [6.45, 7) is 4.68. The van der Waals surface area contributed by atoms with Gasteiger partial charge in [-0.2, -0.15) is 0 Å². The van der Waals surface area contributed by atoms with E-state index in [1.54, 1.807) is 13.2 Å². The van der Waals surface area contributed by atoms with Crippen molar-refractivity contribution in [1.29, 1.82) is 0 Å². The van der Waals surface area contributed by atoms with Crippen LogP contribution in [0.1, 0.15) is 23.7 Å². The molecule has 3 aromatic carbocycles. The number of rotatable bonds is 5. The van der Waals surface area contributed by atoms with Crippen LogP contribution in [0.15, 0.2) is 53.0 Å². The lowest BCUT2D eigenvalue weighted by Gasteiger charge is -2.36. The van der Waals surface area contributed by atoms with Gasteiger partial charge < -0.3 is 19.9 Å². The summed E-state index contributed by atoms with van der Waals surface area (Å²) in [6, 6.07) is 15.1. The molecule has 0 saturated carbocycles. The third-order valence-electron chi connectivity index (χ3n) is 5.87. The number of carbonyl (C=O) groups excluding carboxylic acids is 2. The number of hydrogen-bond acceptors (Lipinski definition) is 4. The largest absolute Gasteiger partial charge is 0.495 e. The number of fused-ring (bicyclic) bond motifs is 1. The van der Waals surface area contributed by atoms with Crippen LogP contribution in [0.25, 0.3) is 10.8 Å². The predicted octanol–water partition coefficient (Wildman–Crippen LogP) is 5.58. The van der Waals surface area contributed by atoms with Gasteiger partial charge in [0.2, 0.25) is 5.91 Å². The molecule has 1 N–H and O–H groups in total. The van der Waals surface area contributed by atoms with Crippen molar-refractivity contribution in [2.75, 3.05) is 43.5 Å². The van der Waals surface area contributed by atoms with E-state index >= 15 is 0 Å². The number of benzene rings is 3. The number of halogens is 2. The smallest absolute Gasteiger partial charge is 0.259 e. The number of nitrogens with one attached hydrogen (secondary N) is 1. The maximum atomic E-state index is 13.1. The Hall–Kier alpha value is -2.77. The van der Waals surface area contributed by atoms with E-state index in [9.17, 15) is 9.59 Å². The second kappa shape index (κ2) is 10.0. The molecule has 172 valence electrons. The van der Waals surface area contributed by atoms with E-state index in [-0.39, 0.29) is 11.8 Å². The lowest BCUT2D eigenvalue weighted by Crippen LogP contribution is -2.48. The van der Waals surface area contributed by atoms with Crippen LogP contribution in [-0.4, -0.2) is 50.0 Å². The highest BCUT2D eigenvalue weighted by Gasteiger charge is 2.22. The monoisotopic (exact) mass is 529 g/mol. The number of nitrogens with zero attached hydrogens (tertiary/aromatic N) is 2. The minimum atomic E-state index is -0.284. The lowest BCUT2D eigenvalue weighted by atomic mass is 10.0. The Morgan fingerprint density at radius 3 is 2.48 bits per heavy atom. The van der Waals surface area contributed by atoms with Gasteiger partial charge in [-0.3, -0.25) is 9.59 Å². The molecule has 2 amide bonds. The van der Waals surface area contributed by atoms with Gasteiger partial charge in [0.05, 0.1) is 27.9 Å². The Bertz CT molecular complexity index is 1210. The molecule has 1 fully saturated rings. The van der Waals surface area contributed by atoms with Crippen LogP contribution >= 0.6 is 27.5 Å². The number of ether oxygens (including phenoxy) is 1. The normalized spacial score (nSPS) is 13.8. The summed E-state index contributed by atoms with van der Waals surface area (Å²) in [5.74, 6) is 0.372. The molecule has 3 aromatic rings. The Morgan fingerprint density at radius 2 is 1.82 bits per heavy atom. The number of carbonyl (C=O) groups is 2. The standard InChI is InChI=1S/C25H25BrClN3O3/c1-3-22(31)30-12-10-29(11-13-30)21-9-8-17(15-20(21)27)28-25(32)19-14-16-6-4-5-7-18(16)23(26)24(19)33-2/h4-9,14-15H,3,10-13H2,1-2H3,(H,28,32). The van der Waals surface area contributed by atoms with Crippen LogP contribution in [0.4, 0.5) is 11.4 Å². The van der Waals surface area contributed by atoms with Crippen molar-refractivity contribution in [3.63, 3.8) is 0 Å². The van der Waals surface area contributed by atoms with Gasteiger partial charge >= 0.3 is 0 Å². The zero-order chi connectivity index (χ0) is 23.5. The van der Waals surface area contributed by atoms with Gasteiger partial charge in [0.25, 0.3) is 5.91 Å².